The average molecular weight is 412 g/mol. The molecule has 0 saturated heterocycles. The minimum Gasteiger partial charge on any atom is -0.505 e. The van der Waals surface area contributed by atoms with Gasteiger partial charge in [0.15, 0.2) is 0 Å². The number of ether oxygens (including phenoxy) is 2. The summed E-state index contributed by atoms with van der Waals surface area (Å²) in [7, 11) is 0. The van der Waals surface area contributed by atoms with Crippen LogP contribution < -0.4 is 4.74 Å². The normalized spacial score (nSPS) is 12.8. The first-order valence-electron chi connectivity index (χ1n) is 10.8. The molecule has 30 heavy (non-hydrogen) atoms. The number of phenolic OH excluding ortho intramolecular Hbond substituents is 1. The Kier molecular flexibility index (Phi) is 5.61. The number of nitrogens with zero attached hydrogens (tertiary/aromatic N) is 3. The van der Waals surface area contributed by atoms with Crippen molar-refractivity contribution in [3.8, 4) is 17.2 Å². The molecule has 4 rings (SSSR count). The molecule has 7 heteroatoms. The van der Waals surface area contributed by atoms with Crippen molar-refractivity contribution < 1.29 is 19.4 Å². The van der Waals surface area contributed by atoms with Crippen LogP contribution in [-0.2, 0) is 4.74 Å². The molecule has 160 valence electrons. The van der Waals surface area contributed by atoms with E-state index in [1.165, 1.54) is 0 Å². The zero-order valence-corrected chi connectivity index (χ0v) is 17.8. The van der Waals surface area contributed by atoms with Crippen LogP contribution in [0.5, 0.6) is 11.5 Å². The molecule has 0 aliphatic heterocycles. The summed E-state index contributed by atoms with van der Waals surface area (Å²) in [6, 6.07) is 10.8. The average Bonchev–Trinajstić information content (AvgIpc) is 3.40. The number of phenols is 1. The van der Waals surface area contributed by atoms with Crippen molar-refractivity contribution >= 4 is 17.0 Å². The predicted octanol–water partition coefficient (Wildman–Crippen LogP) is 4.90. The Labute approximate surface area is 175 Å². The van der Waals surface area contributed by atoms with Crippen molar-refractivity contribution in [3.05, 3.63) is 42.0 Å². The first kappa shape index (κ1) is 20.2. The second-order valence-corrected chi connectivity index (χ2v) is 7.67. The van der Waals surface area contributed by atoms with E-state index in [1.54, 1.807) is 12.1 Å². The third kappa shape index (κ3) is 3.60. The van der Waals surface area contributed by atoms with Gasteiger partial charge in [0.1, 0.15) is 28.2 Å². The third-order valence-corrected chi connectivity index (χ3v) is 5.62. The van der Waals surface area contributed by atoms with Gasteiger partial charge < -0.3 is 14.6 Å². The van der Waals surface area contributed by atoms with Crippen molar-refractivity contribution in [2.45, 2.75) is 46.5 Å². The monoisotopic (exact) mass is 411 g/mol. The summed E-state index contributed by atoms with van der Waals surface area (Å²) in [6.07, 6.45) is 4.42. The Morgan fingerprint density at radius 2 is 1.87 bits per heavy atom. The zero-order valence-electron chi connectivity index (χ0n) is 17.8. The Hall–Kier alpha value is -3.09. The number of hydrogen-bond donors (Lipinski definition) is 1. The molecule has 0 spiro atoms. The molecule has 4 aromatic rings. The number of fused-ring (bicyclic) bond motifs is 4. The van der Waals surface area contributed by atoms with Gasteiger partial charge in [-0.3, -0.25) is 0 Å². The van der Waals surface area contributed by atoms with Crippen molar-refractivity contribution in [2.24, 2.45) is 5.92 Å². The van der Waals surface area contributed by atoms with E-state index < -0.39 is 0 Å². The number of unbranched alkanes of at least 4 members (excludes halogenated alkanes) is 1. The molecule has 2 aromatic heterocycles. The molecule has 0 bridgehead atoms. The van der Waals surface area contributed by atoms with Crippen molar-refractivity contribution in [2.75, 3.05) is 13.2 Å². The molecule has 0 radical (unpaired) electrons. The van der Waals surface area contributed by atoms with Gasteiger partial charge in [-0.1, -0.05) is 33.1 Å². The largest absolute Gasteiger partial charge is 0.505 e. The van der Waals surface area contributed by atoms with Crippen LogP contribution in [0.1, 0.15) is 56.8 Å². The maximum absolute atomic E-state index is 12.5. The van der Waals surface area contributed by atoms with Gasteiger partial charge in [-0.05, 0) is 49.6 Å². The van der Waals surface area contributed by atoms with E-state index in [-0.39, 0.29) is 11.7 Å². The number of benzene rings is 2. The van der Waals surface area contributed by atoms with Crippen molar-refractivity contribution in [1.82, 2.24) is 14.1 Å². The van der Waals surface area contributed by atoms with E-state index in [0.29, 0.717) is 36.1 Å². The molecule has 2 aromatic carbocycles. The van der Waals surface area contributed by atoms with Gasteiger partial charge in [-0.15, -0.1) is 14.1 Å². The van der Waals surface area contributed by atoms with Crippen LogP contribution in [0.15, 0.2) is 36.4 Å². The Balaban J connectivity index is 1.50. The second-order valence-electron chi connectivity index (χ2n) is 7.67. The van der Waals surface area contributed by atoms with Crippen LogP contribution in [0.25, 0.3) is 16.7 Å². The quantitative estimate of drug-likeness (QED) is 0.377. The maximum Gasteiger partial charge on any atom is 0.338 e. The highest BCUT2D eigenvalue weighted by Crippen LogP contribution is 2.33. The van der Waals surface area contributed by atoms with E-state index in [9.17, 15) is 9.90 Å². The number of rotatable bonds is 10. The molecule has 0 aliphatic carbocycles. The molecule has 2 heterocycles. The summed E-state index contributed by atoms with van der Waals surface area (Å²) < 4.78 is 14.8. The lowest BCUT2D eigenvalue weighted by atomic mass is 10.0. The highest BCUT2D eigenvalue weighted by atomic mass is 16.5. The molecule has 1 atom stereocenters. The van der Waals surface area contributed by atoms with E-state index in [0.717, 1.165) is 36.7 Å². The summed E-state index contributed by atoms with van der Waals surface area (Å²) >= 11 is 0. The Morgan fingerprint density at radius 1 is 1.07 bits per heavy atom. The molecule has 0 aliphatic rings. The summed E-state index contributed by atoms with van der Waals surface area (Å²) in [5.74, 6) is 0.897. The number of carbonyl (C=O) groups is 1. The topological polar surface area (TPSA) is 69.5 Å². The van der Waals surface area contributed by atoms with E-state index in [1.807, 2.05) is 45.2 Å². The van der Waals surface area contributed by atoms with Crippen LogP contribution in [0.4, 0.5) is 0 Å². The lowest BCUT2D eigenvalue weighted by Crippen LogP contribution is -2.14. The number of carbonyl (C=O) groups excluding carboxylic acids is 1. The summed E-state index contributed by atoms with van der Waals surface area (Å²) in [4.78, 5) is 14.4. The SMILES string of the molecule is CCCCC(CC)COC(=O)c1ccc2c(c1)n1n(-c3ccc(OCC)cc3O)n21. The smallest absolute Gasteiger partial charge is 0.338 e. The van der Waals surface area contributed by atoms with Crippen molar-refractivity contribution in [3.63, 3.8) is 0 Å². The Morgan fingerprint density at radius 3 is 2.57 bits per heavy atom. The molecule has 0 fully saturated rings. The molecular formula is C23H29N3O4. The van der Waals surface area contributed by atoms with E-state index >= 15 is 0 Å². The highest BCUT2D eigenvalue weighted by molar-refractivity contribution is 5.94. The highest BCUT2D eigenvalue weighted by Gasteiger charge is 2.27. The predicted molar refractivity (Wildman–Crippen MR) is 115 cm³/mol. The first-order chi connectivity index (χ1) is 14.6. The van der Waals surface area contributed by atoms with E-state index in [4.69, 9.17) is 9.47 Å². The standard InChI is InChI=1S/C23H29N3O4/c1-4-7-8-16(5-2)15-30-23(28)17-9-11-19-21(13-17)26-24(19)25(26)20-12-10-18(29-6-3)14-22(20)27/h9-14,16,27H,4-8,15H2,1-3H3. The fraction of sp³-hybridized carbons (Fsp3) is 0.435. The van der Waals surface area contributed by atoms with Crippen LogP contribution >= 0.6 is 0 Å². The second kappa shape index (κ2) is 8.34. The molecule has 7 nitrogen and oxygen atoms in total. The van der Waals surface area contributed by atoms with Gasteiger partial charge in [0, 0.05) is 6.07 Å². The fourth-order valence-corrected chi connectivity index (χ4v) is 3.78. The van der Waals surface area contributed by atoms with Gasteiger partial charge >= 0.3 is 5.97 Å². The van der Waals surface area contributed by atoms with Gasteiger partial charge in [-0.25, -0.2) is 4.79 Å². The zero-order chi connectivity index (χ0) is 21.3. The number of aromatic nitrogens is 3. The number of esters is 1. The molecule has 0 saturated carbocycles. The van der Waals surface area contributed by atoms with E-state index in [2.05, 4.69) is 13.8 Å². The molecule has 1 N–H and O–H groups in total. The first-order valence-corrected chi connectivity index (χ1v) is 10.8. The minimum atomic E-state index is -0.288. The maximum atomic E-state index is 12.5. The van der Waals surface area contributed by atoms with Crippen LogP contribution in [0.2, 0.25) is 0 Å². The molecule has 0 amide bonds. The van der Waals surface area contributed by atoms with Crippen LogP contribution in [-0.4, -0.2) is 38.3 Å². The fourth-order valence-electron chi connectivity index (χ4n) is 3.78. The number of hydrogen-bond acceptors (Lipinski definition) is 4. The number of aromatic hydroxyl groups is 1. The summed E-state index contributed by atoms with van der Waals surface area (Å²) in [6.45, 7) is 7.23. The summed E-state index contributed by atoms with van der Waals surface area (Å²) in [5.41, 5.74) is 3.09. The minimum absolute atomic E-state index is 0.138. The molecular weight excluding hydrogens is 382 g/mol. The molecule has 1 unspecified atom stereocenters. The summed E-state index contributed by atoms with van der Waals surface area (Å²) in [5, 5.41) is 10.4. The van der Waals surface area contributed by atoms with Gasteiger partial charge in [0.2, 0.25) is 0 Å². The lowest BCUT2D eigenvalue weighted by molar-refractivity contribution is 0.0428. The lowest BCUT2D eigenvalue weighted by Gasteiger charge is -2.14. The Bertz CT molecular complexity index is 1140. The van der Waals surface area contributed by atoms with Gasteiger partial charge in [0.05, 0.1) is 18.8 Å². The van der Waals surface area contributed by atoms with Crippen molar-refractivity contribution in [1.29, 1.82) is 0 Å². The third-order valence-electron chi connectivity index (χ3n) is 5.62. The van der Waals surface area contributed by atoms with Crippen LogP contribution in [0, 0.1) is 5.92 Å². The van der Waals surface area contributed by atoms with Crippen LogP contribution in [0.3, 0.4) is 0 Å². The van der Waals surface area contributed by atoms with Gasteiger partial charge in [0.25, 0.3) is 0 Å². The van der Waals surface area contributed by atoms with Gasteiger partial charge in [-0.2, -0.15) is 0 Å².